The van der Waals surface area contributed by atoms with Gasteiger partial charge in [-0.1, -0.05) is 27.2 Å². The molecule has 5 nitrogen and oxygen atoms in total. The number of hydrogen-bond acceptors (Lipinski definition) is 5. The Morgan fingerprint density at radius 1 is 1.39 bits per heavy atom. The molecule has 0 rings (SSSR count). The van der Waals surface area contributed by atoms with Crippen LogP contribution in [-0.4, -0.2) is 53.0 Å². The largest absolute Gasteiger partial charge is 3.00 e. The topological polar surface area (TPSA) is 86.7 Å². The molecule has 0 saturated heterocycles. The van der Waals surface area contributed by atoms with Gasteiger partial charge in [0, 0.05) is 13.0 Å². The molecule has 0 radical (unpaired) electrons. The van der Waals surface area contributed by atoms with Crippen molar-refractivity contribution < 1.29 is 24.1 Å². The molecule has 0 aliphatic carbocycles. The van der Waals surface area contributed by atoms with Crippen LogP contribution in [-0.2, 0) is 14.1 Å². The summed E-state index contributed by atoms with van der Waals surface area (Å²) in [6, 6.07) is 0. The Hall–Kier alpha value is 0.152. The third-order valence-electron chi connectivity index (χ3n) is 2.72. The van der Waals surface area contributed by atoms with Crippen molar-refractivity contribution in [2.24, 2.45) is 5.92 Å². The zero-order valence-electron chi connectivity index (χ0n) is 11.5. The quantitative estimate of drug-likeness (QED) is 0.422. The van der Waals surface area contributed by atoms with Gasteiger partial charge in [-0.2, -0.15) is 0 Å². The Balaban J connectivity index is 0. The average Bonchev–Trinajstić information content (AvgIpc) is 2.23. The Labute approximate surface area is 120 Å². The molecule has 1 N–H and O–H groups in total. The number of ether oxygens (including phenoxy) is 1. The summed E-state index contributed by atoms with van der Waals surface area (Å²) in [6.45, 7) is 6.24. The van der Waals surface area contributed by atoms with Crippen LogP contribution in [0, 0.1) is 5.92 Å². The summed E-state index contributed by atoms with van der Waals surface area (Å²) in [6.07, 6.45) is -0.0981. The zero-order chi connectivity index (χ0) is 13.6. The first-order valence-corrected chi connectivity index (χ1v) is 7.74. The molecule has 0 aromatic carbocycles. The summed E-state index contributed by atoms with van der Waals surface area (Å²) in [4.78, 5) is 23.3. The molecule has 18 heavy (non-hydrogen) atoms. The summed E-state index contributed by atoms with van der Waals surface area (Å²) in [5.74, 6) is -1.28. The van der Waals surface area contributed by atoms with Crippen molar-refractivity contribution in [1.29, 1.82) is 0 Å². The minimum atomic E-state index is -3.55. The van der Waals surface area contributed by atoms with Crippen molar-refractivity contribution in [3.63, 3.8) is 0 Å². The smallest absolute Gasteiger partial charge is 0.799 e. The van der Waals surface area contributed by atoms with Crippen molar-refractivity contribution in [2.45, 2.75) is 45.9 Å². The molecular weight excluding hydrogens is 270 g/mol. The van der Waals surface area contributed by atoms with E-state index >= 15 is 0 Å². The molecule has 0 aliphatic heterocycles. The zero-order valence-corrected chi connectivity index (χ0v) is 13.5. The fourth-order valence-corrected chi connectivity index (χ4v) is 3.22. The molecule has 4 atom stereocenters. The van der Waals surface area contributed by atoms with Crippen LogP contribution in [0.4, 0.5) is 0 Å². The molecule has 0 saturated carbocycles. The summed E-state index contributed by atoms with van der Waals surface area (Å²) in [5, 5.41) is 8.97. The number of aliphatic hydroxyl groups is 1. The molecule has 0 spiro atoms. The first-order chi connectivity index (χ1) is 7.72. The van der Waals surface area contributed by atoms with Crippen molar-refractivity contribution in [1.82, 2.24) is 0 Å². The number of carbonyl (C=O) groups is 1. The van der Waals surface area contributed by atoms with Crippen LogP contribution in [0.15, 0.2) is 0 Å². The molecule has 102 valence electrons. The van der Waals surface area contributed by atoms with Gasteiger partial charge < -0.3 is 19.3 Å². The van der Waals surface area contributed by atoms with E-state index in [4.69, 9.17) is 9.84 Å². The van der Waals surface area contributed by atoms with Gasteiger partial charge in [-0.15, -0.1) is 0 Å². The van der Waals surface area contributed by atoms with Crippen LogP contribution in [0.1, 0.15) is 34.1 Å². The van der Waals surface area contributed by atoms with Crippen LogP contribution < -0.4 is 4.89 Å². The summed E-state index contributed by atoms with van der Waals surface area (Å²) < 4.78 is 16.6. The molecule has 0 amide bonds. The van der Waals surface area contributed by atoms with Gasteiger partial charge in [0.15, 0.2) is 0 Å². The van der Waals surface area contributed by atoms with Crippen LogP contribution in [0.5, 0.6) is 0 Å². The predicted octanol–water partition coefficient (Wildman–Crippen LogP) is 0.603. The van der Waals surface area contributed by atoms with E-state index in [2.05, 4.69) is 0 Å². The minimum Gasteiger partial charge on any atom is -0.799 e. The Morgan fingerprint density at radius 2 is 1.89 bits per heavy atom. The van der Waals surface area contributed by atoms with E-state index in [9.17, 15) is 14.3 Å². The van der Waals surface area contributed by atoms with Gasteiger partial charge in [0.1, 0.15) is 6.61 Å². The number of carbonyl (C=O) groups excluding carboxylic acids is 1. The summed E-state index contributed by atoms with van der Waals surface area (Å²) >= 11 is 0. The first kappa shape index (κ1) is 20.5. The van der Waals surface area contributed by atoms with Gasteiger partial charge in [-0.25, -0.2) is 0 Å². The van der Waals surface area contributed by atoms with E-state index in [0.717, 1.165) is 0 Å². The molecule has 7 heteroatoms. The monoisotopic (exact) mass is 292 g/mol. The maximum atomic E-state index is 11.8. The van der Waals surface area contributed by atoms with Crippen LogP contribution in [0.3, 0.4) is 0 Å². The third-order valence-corrected chi connectivity index (χ3v) is 5.48. The van der Waals surface area contributed by atoms with Crippen molar-refractivity contribution in [2.75, 3.05) is 12.8 Å². The van der Waals surface area contributed by atoms with Crippen molar-refractivity contribution in [3.8, 4) is 0 Å². The molecule has 0 fully saturated rings. The predicted molar refractivity (Wildman–Crippen MR) is 69.8 cm³/mol. The number of aliphatic hydroxyl groups excluding tert-OH is 1. The van der Waals surface area contributed by atoms with E-state index in [0.29, 0.717) is 6.42 Å². The number of esters is 1. The molecule has 0 aromatic heterocycles. The SMILES string of the molecule is CCCP(=O)([O-])C(C)C(C)C(=O)OCC(C)O.[Al+3]. The Bertz CT molecular complexity index is 295. The Morgan fingerprint density at radius 3 is 2.28 bits per heavy atom. The van der Waals surface area contributed by atoms with E-state index in [1.54, 1.807) is 6.92 Å². The molecule has 0 aromatic rings. The molecule has 0 bridgehead atoms. The second-order valence-electron chi connectivity index (χ2n) is 4.46. The first-order valence-electron chi connectivity index (χ1n) is 5.86. The van der Waals surface area contributed by atoms with E-state index in [-0.39, 0.29) is 30.1 Å². The van der Waals surface area contributed by atoms with Gasteiger partial charge >= 0.3 is 23.3 Å². The standard InChI is InChI=1S/C11H23O5P.Al/c1-5-6-17(14,15)10(4)9(3)11(13)16-7-8(2)12;/h8-10,12H,5-7H2,1-4H3,(H,14,15);/q;+3/p-1. The van der Waals surface area contributed by atoms with Crippen LogP contribution >= 0.6 is 7.37 Å². The van der Waals surface area contributed by atoms with E-state index in [1.165, 1.54) is 20.8 Å². The van der Waals surface area contributed by atoms with E-state index < -0.39 is 31.0 Å². The van der Waals surface area contributed by atoms with Crippen molar-refractivity contribution >= 4 is 30.7 Å². The van der Waals surface area contributed by atoms with Gasteiger partial charge in [0.05, 0.1) is 12.0 Å². The fraction of sp³-hybridized carbons (Fsp3) is 0.909. The maximum Gasteiger partial charge on any atom is 3.00 e. The second kappa shape index (κ2) is 9.12. The molecule has 0 heterocycles. The number of hydrogen-bond donors (Lipinski definition) is 1. The number of rotatable bonds is 7. The average molecular weight is 292 g/mol. The maximum absolute atomic E-state index is 11.8. The van der Waals surface area contributed by atoms with E-state index in [1.807, 2.05) is 0 Å². The fourth-order valence-electron chi connectivity index (χ4n) is 1.39. The molecule has 4 unspecified atom stereocenters. The van der Waals surface area contributed by atoms with Crippen LogP contribution in [0.25, 0.3) is 0 Å². The second-order valence-corrected chi connectivity index (χ2v) is 7.17. The summed E-state index contributed by atoms with van der Waals surface area (Å²) in [5.41, 5.74) is -0.732. The molecule has 0 aliphatic rings. The summed E-state index contributed by atoms with van der Waals surface area (Å²) in [7, 11) is -3.55. The Kier molecular flexibility index (Phi) is 10.4. The van der Waals surface area contributed by atoms with Crippen molar-refractivity contribution in [3.05, 3.63) is 0 Å². The van der Waals surface area contributed by atoms with Crippen LogP contribution in [0.2, 0.25) is 0 Å². The minimum absolute atomic E-state index is 0. The normalized spacial score (nSPS) is 19.0. The van der Waals surface area contributed by atoms with Gasteiger partial charge in [-0.05, 0) is 13.1 Å². The molecular formula is C11H22AlO5P+2. The van der Waals surface area contributed by atoms with Gasteiger partial charge in [0.25, 0.3) is 0 Å². The van der Waals surface area contributed by atoms with Gasteiger partial charge in [0.2, 0.25) is 0 Å². The third kappa shape index (κ3) is 6.92. The van der Waals surface area contributed by atoms with Gasteiger partial charge in [-0.3, -0.25) is 4.79 Å².